The monoisotopic (exact) mass is 406 g/mol. The van der Waals surface area contributed by atoms with Crippen LogP contribution in [0.25, 0.3) is 10.9 Å². The molecule has 3 aromatic rings. The summed E-state index contributed by atoms with van der Waals surface area (Å²) in [5.74, 6) is 2.12. The van der Waals surface area contributed by atoms with E-state index < -0.39 is 0 Å². The fourth-order valence-corrected chi connectivity index (χ4v) is 4.93. The molecule has 0 aliphatic heterocycles. The van der Waals surface area contributed by atoms with Crippen molar-refractivity contribution < 1.29 is 13.9 Å². The highest BCUT2D eigenvalue weighted by molar-refractivity contribution is 5.91. The normalized spacial score (nSPS) is 25.6. The van der Waals surface area contributed by atoms with Gasteiger partial charge in [-0.2, -0.15) is 0 Å². The van der Waals surface area contributed by atoms with Crippen molar-refractivity contribution in [1.29, 1.82) is 0 Å². The predicted octanol–water partition coefficient (Wildman–Crippen LogP) is 4.15. The van der Waals surface area contributed by atoms with Gasteiger partial charge in [0.05, 0.1) is 29.7 Å². The Labute approximate surface area is 173 Å². The van der Waals surface area contributed by atoms with Crippen molar-refractivity contribution in [2.45, 2.75) is 32.8 Å². The van der Waals surface area contributed by atoms with Crippen LogP contribution in [0.1, 0.15) is 25.5 Å². The van der Waals surface area contributed by atoms with Crippen molar-refractivity contribution >= 4 is 22.6 Å². The number of carbonyl (C=O) groups excluding carboxylic acids is 1. The van der Waals surface area contributed by atoms with Crippen LogP contribution in [0.5, 0.6) is 5.75 Å². The Morgan fingerprint density at radius 3 is 2.70 bits per heavy atom. The van der Waals surface area contributed by atoms with Crippen LogP contribution in [0.4, 0.5) is 10.2 Å². The number of ether oxygens (including phenoxy) is 1. The number of fused-ring (bicyclic) bond motifs is 2. The lowest BCUT2D eigenvalue weighted by molar-refractivity contribution is -0.120. The third kappa shape index (κ3) is 3.49. The summed E-state index contributed by atoms with van der Waals surface area (Å²) in [6, 6.07) is 6.33. The second kappa shape index (κ2) is 7.31. The molecule has 0 bridgehead atoms. The first kappa shape index (κ1) is 18.9. The van der Waals surface area contributed by atoms with E-state index in [1.165, 1.54) is 12.1 Å². The number of aromatic nitrogens is 3. The summed E-state index contributed by atoms with van der Waals surface area (Å²) in [4.78, 5) is 25.2. The van der Waals surface area contributed by atoms with Gasteiger partial charge in [-0.15, -0.1) is 0 Å². The molecular weight excluding hydrogens is 383 g/mol. The number of hydrogen-bond donors (Lipinski definition) is 1. The zero-order valence-corrected chi connectivity index (χ0v) is 16.9. The van der Waals surface area contributed by atoms with E-state index in [2.05, 4.69) is 20.3 Å². The molecule has 2 aliphatic carbocycles. The van der Waals surface area contributed by atoms with Crippen LogP contribution in [0, 0.1) is 36.4 Å². The zero-order chi connectivity index (χ0) is 20.8. The second-order valence-electron chi connectivity index (χ2n) is 8.41. The second-order valence-corrected chi connectivity index (χ2v) is 8.41. The van der Waals surface area contributed by atoms with E-state index in [1.54, 1.807) is 30.7 Å². The Morgan fingerprint density at radius 2 is 1.97 bits per heavy atom. The van der Waals surface area contributed by atoms with Crippen molar-refractivity contribution in [3.8, 4) is 5.75 Å². The van der Waals surface area contributed by atoms with Crippen LogP contribution in [0.15, 0.2) is 42.9 Å². The van der Waals surface area contributed by atoms with Crippen LogP contribution in [-0.4, -0.2) is 27.0 Å². The van der Waals surface area contributed by atoms with Gasteiger partial charge >= 0.3 is 0 Å². The lowest BCUT2D eigenvalue weighted by Gasteiger charge is -2.20. The largest absolute Gasteiger partial charge is 0.490 e. The Bertz CT molecular complexity index is 1090. The molecule has 0 saturated heterocycles. The summed E-state index contributed by atoms with van der Waals surface area (Å²) in [6.45, 7) is 3.84. The van der Waals surface area contributed by atoms with Crippen molar-refractivity contribution in [2.24, 2.45) is 23.7 Å². The van der Waals surface area contributed by atoms with E-state index in [0.717, 1.165) is 24.1 Å². The van der Waals surface area contributed by atoms with Gasteiger partial charge in [-0.3, -0.25) is 14.8 Å². The van der Waals surface area contributed by atoms with Gasteiger partial charge < -0.3 is 10.1 Å². The first-order chi connectivity index (χ1) is 14.5. The van der Waals surface area contributed by atoms with E-state index >= 15 is 0 Å². The summed E-state index contributed by atoms with van der Waals surface area (Å²) in [7, 11) is 0. The fraction of sp³-hybridized carbons (Fsp3) is 0.391. The number of pyridine rings is 1. The number of hydrogen-bond acceptors (Lipinski definition) is 5. The molecule has 7 heteroatoms. The van der Waals surface area contributed by atoms with Crippen molar-refractivity contribution in [3.05, 3.63) is 54.4 Å². The maximum atomic E-state index is 13.7. The quantitative estimate of drug-likeness (QED) is 0.689. The molecule has 0 radical (unpaired) electrons. The first-order valence-electron chi connectivity index (χ1n) is 10.3. The van der Waals surface area contributed by atoms with Crippen molar-refractivity contribution in [3.63, 3.8) is 0 Å². The Balaban J connectivity index is 1.20. The average Bonchev–Trinajstić information content (AvgIpc) is 3.24. The standard InChI is InChI=1S/C23H23FN4O2/c1-12-10-27-21(11-26-12)28-23(29)13(2)22-16-8-15(9-17(16)22)30-20-5-6-25-19-4-3-14(24)7-18(19)20/h3-7,10-11,13,15-17,22H,8-9H2,1-2H3,(H,27,28,29)/t13?,15?,16-,17+,22?. The van der Waals surface area contributed by atoms with Crippen molar-refractivity contribution in [2.75, 3.05) is 5.32 Å². The number of nitrogens with zero attached hydrogens (tertiary/aromatic N) is 3. The van der Waals surface area contributed by atoms with Crippen LogP contribution in [-0.2, 0) is 4.79 Å². The SMILES string of the molecule is Cc1cnc(NC(=O)C(C)C2[C@H]3CC(Oc4ccnc5ccc(F)cc45)C[C@@H]23)cn1. The van der Waals surface area contributed by atoms with Crippen LogP contribution in [0.3, 0.4) is 0 Å². The van der Waals surface area contributed by atoms with E-state index in [1.807, 2.05) is 13.8 Å². The molecule has 5 rings (SSSR count). The number of rotatable bonds is 5. The molecule has 3 unspecified atom stereocenters. The molecule has 6 nitrogen and oxygen atoms in total. The van der Waals surface area contributed by atoms with Crippen LogP contribution < -0.4 is 10.1 Å². The Morgan fingerprint density at radius 1 is 1.17 bits per heavy atom. The van der Waals surface area contributed by atoms with Gasteiger partial charge in [-0.05, 0) is 61.8 Å². The Hall–Kier alpha value is -3.09. The average molecular weight is 406 g/mol. The minimum Gasteiger partial charge on any atom is -0.490 e. The summed E-state index contributed by atoms with van der Waals surface area (Å²) in [5.41, 5.74) is 1.54. The van der Waals surface area contributed by atoms with Gasteiger partial charge in [-0.25, -0.2) is 9.37 Å². The smallest absolute Gasteiger partial charge is 0.228 e. The highest BCUT2D eigenvalue weighted by Crippen LogP contribution is 2.61. The number of carbonyl (C=O) groups is 1. The minimum absolute atomic E-state index is 0.0133. The molecule has 1 N–H and O–H groups in total. The van der Waals surface area contributed by atoms with Crippen LogP contribution in [0.2, 0.25) is 0 Å². The summed E-state index contributed by atoms with van der Waals surface area (Å²) < 4.78 is 19.9. The van der Waals surface area contributed by atoms with Gasteiger partial charge in [0, 0.05) is 17.5 Å². The van der Waals surface area contributed by atoms with Gasteiger partial charge in [-0.1, -0.05) is 6.92 Å². The third-order valence-corrected chi connectivity index (χ3v) is 6.45. The van der Waals surface area contributed by atoms with Gasteiger partial charge in [0.25, 0.3) is 0 Å². The van der Waals surface area contributed by atoms with Crippen LogP contribution >= 0.6 is 0 Å². The number of amides is 1. The lowest BCUT2D eigenvalue weighted by atomic mass is 9.97. The van der Waals surface area contributed by atoms with Gasteiger partial charge in [0.1, 0.15) is 11.6 Å². The molecule has 2 saturated carbocycles. The highest BCUT2D eigenvalue weighted by Gasteiger charge is 2.59. The molecular formula is C23H23FN4O2. The maximum absolute atomic E-state index is 13.7. The molecule has 2 aromatic heterocycles. The number of nitrogens with one attached hydrogen (secondary N) is 1. The first-order valence-corrected chi connectivity index (χ1v) is 10.3. The molecule has 30 heavy (non-hydrogen) atoms. The topological polar surface area (TPSA) is 77.0 Å². The highest BCUT2D eigenvalue weighted by atomic mass is 19.1. The predicted molar refractivity (Wildman–Crippen MR) is 110 cm³/mol. The fourth-order valence-electron chi connectivity index (χ4n) is 4.93. The molecule has 1 amide bonds. The lowest BCUT2D eigenvalue weighted by Crippen LogP contribution is -2.26. The number of benzene rings is 1. The summed E-state index contributed by atoms with van der Waals surface area (Å²) >= 11 is 0. The number of aryl methyl sites for hydroxylation is 1. The van der Waals surface area contributed by atoms with E-state index in [0.29, 0.717) is 34.7 Å². The molecule has 2 aliphatic rings. The maximum Gasteiger partial charge on any atom is 0.228 e. The molecule has 2 fully saturated rings. The molecule has 154 valence electrons. The van der Waals surface area contributed by atoms with E-state index in [9.17, 15) is 9.18 Å². The van der Waals surface area contributed by atoms with Crippen molar-refractivity contribution in [1.82, 2.24) is 15.0 Å². The summed E-state index contributed by atoms with van der Waals surface area (Å²) in [6.07, 6.45) is 6.83. The summed E-state index contributed by atoms with van der Waals surface area (Å²) in [5, 5.41) is 3.57. The molecule has 5 atom stereocenters. The molecule has 0 spiro atoms. The van der Waals surface area contributed by atoms with Gasteiger partial charge in [0.2, 0.25) is 5.91 Å². The van der Waals surface area contributed by atoms with Gasteiger partial charge in [0.15, 0.2) is 5.82 Å². The van der Waals surface area contributed by atoms with E-state index in [-0.39, 0.29) is 23.7 Å². The molecule has 1 aromatic carbocycles. The number of halogens is 1. The third-order valence-electron chi connectivity index (χ3n) is 6.45. The molecule has 2 heterocycles. The Kier molecular flexibility index (Phi) is 4.60. The zero-order valence-electron chi connectivity index (χ0n) is 16.9. The number of anilines is 1. The van der Waals surface area contributed by atoms with E-state index in [4.69, 9.17) is 4.74 Å². The minimum atomic E-state index is -0.298.